The number of benzene rings is 1. The number of nitrogens with zero attached hydrogens (tertiary/aromatic N) is 5. The minimum atomic E-state index is -0.519. The number of hydrogen-bond donors (Lipinski definition) is 1. The maximum atomic E-state index is 9.36. The Morgan fingerprint density at radius 1 is 1.22 bits per heavy atom. The van der Waals surface area contributed by atoms with E-state index in [1.165, 1.54) is 0 Å². The zero-order valence-corrected chi connectivity index (χ0v) is 16.4. The Labute approximate surface area is 159 Å². The SMILES string of the molecule is Cc1nn(C)c(Nc2ccnc(Cc3cccc(C(C)(C)C#N)c3)n2)c1C. The first-order chi connectivity index (χ1) is 12.8. The molecule has 0 amide bonds. The van der Waals surface area contributed by atoms with Crippen LogP contribution in [0.2, 0.25) is 0 Å². The molecule has 2 aromatic heterocycles. The molecule has 0 radical (unpaired) electrons. The van der Waals surface area contributed by atoms with E-state index in [4.69, 9.17) is 0 Å². The molecule has 0 spiro atoms. The standard InChI is InChI=1S/C21H24N6/c1-14-15(2)26-27(5)20(14)25-18-9-10-23-19(24-18)12-16-7-6-8-17(11-16)21(3,4)13-22/h6-11H,12H2,1-5H3,(H,23,24,25). The molecule has 1 aromatic carbocycles. The molecule has 0 aliphatic carbocycles. The van der Waals surface area contributed by atoms with Gasteiger partial charge in [0, 0.05) is 25.2 Å². The van der Waals surface area contributed by atoms with Crippen molar-refractivity contribution in [1.82, 2.24) is 19.7 Å². The number of aromatic nitrogens is 4. The molecule has 0 aliphatic rings. The number of hydrogen-bond acceptors (Lipinski definition) is 5. The lowest BCUT2D eigenvalue weighted by atomic mass is 9.85. The van der Waals surface area contributed by atoms with Gasteiger partial charge in [0.2, 0.25) is 0 Å². The van der Waals surface area contributed by atoms with E-state index in [0.717, 1.165) is 39.8 Å². The number of aryl methyl sites for hydroxylation is 2. The van der Waals surface area contributed by atoms with Gasteiger partial charge in [0.05, 0.1) is 17.2 Å². The lowest BCUT2D eigenvalue weighted by Crippen LogP contribution is -2.14. The molecule has 138 valence electrons. The Hall–Kier alpha value is -3.20. The van der Waals surface area contributed by atoms with Crippen LogP contribution in [-0.4, -0.2) is 19.7 Å². The van der Waals surface area contributed by atoms with Gasteiger partial charge in [0.1, 0.15) is 17.5 Å². The van der Waals surface area contributed by atoms with Crippen molar-refractivity contribution in [1.29, 1.82) is 5.26 Å². The van der Waals surface area contributed by atoms with Crippen molar-refractivity contribution in [3.05, 3.63) is 64.7 Å². The fourth-order valence-electron chi connectivity index (χ4n) is 2.93. The van der Waals surface area contributed by atoms with E-state index in [9.17, 15) is 5.26 Å². The second-order valence-electron chi connectivity index (χ2n) is 7.28. The average Bonchev–Trinajstić information content (AvgIpc) is 2.88. The van der Waals surface area contributed by atoms with Crippen molar-refractivity contribution in [3.8, 4) is 6.07 Å². The van der Waals surface area contributed by atoms with Crippen LogP contribution in [0.5, 0.6) is 0 Å². The van der Waals surface area contributed by atoms with Gasteiger partial charge in [0.15, 0.2) is 0 Å². The van der Waals surface area contributed by atoms with Gasteiger partial charge in [-0.25, -0.2) is 9.97 Å². The van der Waals surface area contributed by atoms with Crippen LogP contribution in [0.3, 0.4) is 0 Å². The molecule has 0 fully saturated rings. The molecule has 6 nitrogen and oxygen atoms in total. The Morgan fingerprint density at radius 2 is 2.00 bits per heavy atom. The van der Waals surface area contributed by atoms with Crippen molar-refractivity contribution in [2.24, 2.45) is 7.05 Å². The van der Waals surface area contributed by atoms with Crippen LogP contribution < -0.4 is 5.32 Å². The van der Waals surface area contributed by atoms with E-state index in [2.05, 4.69) is 32.5 Å². The summed E-state index contributed by atoms with van der Waals surface area (Å²) in [4.78, 5) is 9.04. The second kappa shape index (κ2) is 7.20. The molecule has 1 N–H and O–H groups in total. The number of nitrogens with one attached hydrogen (secondary N) is 1. The van der Waals surface area contributed by atoms with Crippen LogP contribution in [-0.2, 0) is 18.9 Å². The summed E-state index contributed by atoms with van der Waals surface area (Å²) in [5.74, 6) is 2.39. The van der Waals surface area contributed by atoms with Crippen molar-refractivity contribution in [3.63, 3.8) is 0 Å². The molecule has 0 saturated heterocycles. The van der Waals surface area contributed by atoms with Gasteiger partial charge < -0.3 is 5.32 Å². The van der Waals surface area contributed by atoms with E-state index in [1.54, 1.807) is 6.20 Å². The molecule has 27 heavy (non-hydrogen) atoms. The highest BCUT2D eigenvalue weighted by Crippen LogP contribution is 2.24. The third kappa shape index (κ3) is 3.98. The van der Waals surface area contributed by atoms with Gasteiger partial charge in [0.25, 0.3) is 0 Å². The average molecular weight is 360 g/mol. The smallest absolute Gasteiger partial charge is 0.135 e. The zero-order valence-electron chi connectivity index (χ0n) is 16.4. The highest BCUT2D eigenvalue weighted by atomic mass is 15.3. The van der Waals surface area contributed by atoms with Gasteiger partial charge in [-0.3, -0.25) is 4.68 Å². The molecule has 3 aromatic rings. The van der Waals surface area contributed by atoms with Gasteiger partial charge in [-0.15, -0.1) is 0 Å². The summed E-state index contributed by atoms with van der Waals surface area (Å²) < 4.78 is 1.82. The fourth-order valence-corrected chi connectivity index (χ4v) is 2.93. The van der Waals surface area contributed by atoms with Crippen LogP contribution in [0.1, 0.15) is 42.1 Å². The molecule has 2 heterocycles. The summed E-state index contributed by atoms with van der Waals surface area (Å²) >= 11 is 0. The van der Waals surface area contributed by atoms with Gasteiger partial charge >= 0.3 is 0 Å². The molecular weight excluding hydrogens is 336 g/mol. The van der Waals surface area contributed by atoms with E-state index in [-0.39, 0.29) is 0 Å². The highest BCUT2D eigenvalue weighted by Gasteiger charge is 2.19. The largest absolute Gasteiger partial charge is 0.325 e. The minimum absolute atomic E-state index is 0.519. The highest BCUT2D eigenvalue weighted by molar-refractivity contribution is 5.57. The number of anilines is 2. The maximum absolute atomic E-state index is 9.36. The lowest BCUT2D eigenvalue weighted by Gasteiger charge is -2.16. The normalized spacial score (nSPS) is 11.3. The molecule has 0 saturated carbocycles. The topological polar surface area (TPSA) is 79.4 Å². The molecular formula is C21H24N6. The predicted molar refractivity (Wildman–Crippen MR) is 106 cm³/mol. The minimum Gasteiger partial charge on any atom is -0.325 e. The molecule has 0 bridgehead atoms. The Kier molecular flexibility index (Phi) is 4.95. The Morgan fingerprint density at radius 3 is 2.67 bits per heavy atom. The van der Waals surface area contributed by atoms with Crippen LogP contribution in [0.15, 0.2) is 36.5 Å². The van der Waals surface area contributed by atoms with Crippen LogP contribution in [0, 0.1) is 25.2 Å². The third-order valence-corrected chi connectivity index (χ3v) is 4.76. The monoisotopic (exact) mass is 360 g/mol. The van der Waals surface area contributed by atoms with Crippen LogP contribution >= 0.6 is 0 Å². The van der Waals surface area contributed by atoms with E-state index >= 15 is 0 Å². The van der Waals surface area contributed by atoms with E-state index in [1.807, 2.05) is 63.7 Å². The first-order valence-corrected chi connectivity index (χ1v) is 8.90. The molecule has 0 atom stereocenters. The first kappa shape index (κ1) is 18.6. The van der Waals surface area contributed by atoms with Crippen molar-refractivity contribution in [2.45, 2.75) is 39.5 Å². The van der Waals surface area contributed by atoms with Crippen molar-refractivity contribution in [2.75, 3.05) is 5.32 Å². The molecule has 3 rings (SSSR count). The van der Waals surface area contributed by atoms with Gasteiger partial charge in [-0.1, -0.05) is 24.3 Å². The molecule has 6 heteroatoms. The summed E-state index contributed by atoms with van der Waals surface area (Å²) in [5.41, 5.74) is 3.66. The quantitative estimate of drug-likeness (QED) is 0.745. The van der Waals surface area contributed by atoms with Gasteiger partial charge in [-0.2, -0.15) is 10.4 Å². The third-order valence-electron chi connectivity index (χ3n) is 4.76. The summed E-state index contributed by atoms with van der Waals surface area (Å²) in [6, 6.07) is 12.3. The molecule has 0 aliphatic heterocycles. The molecule has 0 unspecified atom stereocenters. The second-order valence-corrected chi connectivity index (χ2v) is 7.28. The first-order valence-electron chi connectivity index (χ1n) is 8.90. The summed E-state index contributed by atoms with van der Waals surface area (Å²) in [6.07, 6.45) is 2.36. The van der Waals surface area contributed by atoms with Crippen LogP contribution in [0.4, 0.5) is 11.6 Å². The Bertz CT molecular complexity index is 1010. The number of rotatable bonds is 5. The summed E-state index contributed by atoms with van der Waals surface area (Å²) in [7, 11) is 1.91. The van der Waals surface area contributed by atoms with Crippen molar-refractivity contribution >= 4 is 11.6 Å². The van der Waals surface area contributed by atoms with E-state index in [0.29, 0.717) is 6.42 Å². The van der Waals surface area contributed by atoms with Crippen LogP contribution in [0.25, 0.3) is 0 Å². The summed E-state index contributed by atoms with van der Waals surface area (Å²) in [6.45, 7) is 7.87. The van der Waals surface area contributed by atoms with Gasteiger partial charge in [-0.05, 0) is 44.9 Å². The van der Waals surface area contributed by atoms with E-state index < -0.39 is 5.41 Å². The predicted octanol–water partition coefficient (Wildman–Crippen LogP) is 3.96. The fraction of sp³-hybridized carbons (Fsp3) is 0.333. The Balaban J connectivity index is 1.83. The van der Waals surface area contributed by atoms with Crippen molar-refractivity contribution < 1.29 is 0 Å². The summed E-state index contributed by atoms with van der Waals surface area (Å²) in [5, 5.41) is 17.1. The maximum Gasteiger partial charge on any atom is 0.135 e. The lowest BCUT2D eigenvalue weighted by molar-refractivity contribution is 0.685. The zero-order chi connectivity index (χ0) is 19.6. The number of nitriles is 1.